The molecule has 0 radical (unpaired) electrons. The molecule has 2 aromatic carbocycles. The van der Waals surface area contributed by atoms with Crippen LogP contribution in [0, 0.1) is 6.92 Å². The summed E-state index contributed by atoms with van der Waals surface area (Å²) in [5.74, 6) is 1.02. The van der Waals surface area contributed by atoms with Gasteiger partial charge < -0.3 is 15.2 Å². The molecule has 1 amide bonds. The minimum atomic E-state index is -0.143. The van der Waals surface area contributed by atoms with Crippen LogP contribution in [0.3, 0.4) is 0 Å². The van der Waals surface area contributed by atoms with Crippen LogP contribution in [0.4, 0.5) is 11.6 Å². The molecule has 0 unspecified atom stereocenters. The van der Waals surface area contributed by atoms with E-state index in [0.29, 0.717) is 22.4 Å². The predicted octanol–water partition coefficient (Wildman–Crippen LogP) is 3.00. The Morgan fingerprint density at radius 3 is 2.97 bits per heavy atom. The van der Waals surface area contributed by atoms with Gasteiger partial charge >= 0.3 is 0 Å². The van der Waals surface area contributed by atoms with Crippen LogP contribution in [-0.2, 0) is 4.79 Å². The topological polar surface area (TPSA) is 125 Å². The van der Waals surface area contributed by atoms with Crippen LogP contribution in [0.2, 0.25) is 0 Å². The van der Waals surface area contributed by atoms with Crippen LogP contribution in [0.25, 0.3) is 0 Å². The smallest absolute Gasteiger partial charge is 0.240 e. The number of anilines is 2. The van der Waals surface area contributed by atoms with E-state index >= 15 is 0 Å². The molecule has 0 atom stereocenters. The first-order valence-electron chi connectivity index (χ1n) is 8.62. The Morgan fingerprint density at radius 1 is 1.34 bits per heavy atom. The van der Waals surface area contributed by atoms with Gasteiger partial charge in [0.2, 0.25) is 17.0 Å². The molecule has 0 saturated heterocycles. The van der Waals surface area contributed by atoms with Gasteiger partial charge in [-0.15, -0.1) is 5.10 Å². The number of H-pyrrole nitrogens is 1. The molecule has 10 heteroatoms. The lowest BCUT2D eigenvalue weighted by molar-refractivity contribution is -0.113. The Labute approximate surface area is 171 Å². The standard InChI is InChI=1S/C19H20N6O3S/c1-12-5-3-4-6-15(12)21-17(27)11-29-19-22-18(24-25-19)23-20-10-13-9-14(28-2)7-8-16(13)26/h3-10,26H,11H2,1-2H3,(H,21,27)(H2,22,23,24,25)/b20-10+. The molecule has 1 aromatic heterocycles. The average molecular weight is 412 g/mol. The summed E-state index contributed by atoms with van der Waals surface area (Å²) in [4.78, 5) is 16.3. The fourth-order valence-corrected chi connectivity index (χ4v) is 2.91. The van der Waals surface area contributed by atoms with Crippen molar-refractivity contribution in [2.45, 2.75) is 12.1 Å². The SMILES string of the molecule is COc1ccc(O)c(/C=N/Nc2nc(SCC(=O)Nc3ccccc3C)n[nH]2)c1. The number of carbonyl (C=O) groups is 1. The van der Waals surface area contributed by atoms with Crippen molar-refractivity contribution in [2.24, 2.45) is 5.10 Å². The first kappa shape index (κ1) is 20.2. The highest BCUT2D eigenvalue weighted by molar-refractivity contribution is 7.99. The van der Waals surface area contributed by atoms with E-state index < -0.39 is 0 Å². The Hall–Kier alpha value is -3.53. The van der Waals surface area contributed by atoms with Crippen molar-refractivity contribution in [1.29, 1.82) is 0 Å². The molecule has 0 aliphatic carbocycles. The largest absolute Gasteiger partial charge is 0.507 e. The van der Waals surface area contributed by atoms with E-state index in [0.717, 1.165) is 11.3 Å². The van der Waals surface area contributed by atoms with Crippen LogP contribution in [0.5, 0.6) is 11.5 Å². The summed E-state index contributed by atoms with van der Waals surface area (Å²) >= 11 is 1.20. The number of aromatic nitrogens is 3. The molecule has 0 spiro atoms. The molecule has 3 aromatic rings. The van der Waals surface area contributed by atoms with Gasteiger partial charge in [0.1, 0.15) is 11.5 Å². The summed E-state index contributed by atoms with van der Waals surface area (Å²) in [6.07, 6.45) is 1.43. The summed E-state index contributed by atoms with van der Waals surface area (Å²) < 4.78 is 5.11. The maximum Gasteiger partial charge on any atom is 0.240 e. The van der Waals surface area contributed by atoms with E-state index in [-0.39, 0.29) is 17.4 Å². The fourth-order valence-electron chi connectivity index (χ4n) is 2.32. The van der Waals surface area contributed by atoms with E-state index in [4.69, 9.17) is 4.74 Å². The maximum absolute atomic E-state index is 12.1. The van der Waals surface area contributed by atoms with Crippen molar-refractivity contribution < 1.29 is 14.6 Å². The zero-order valence-corrected chi connectivity index (χ0v) is 16.7. The number of nitrogens with one attached hydrogen (secondary N) is 3. The third-order valence-corrected chi connectivity index (χ3v) is 4.67. The number of hydrogen-bond donors (Lipinski definition) is 4. The number of carbonyl (C=O) groups excluding carboxylic acids is 1. The monoisotopic (exact) mass is 412 g/mol. The van der Waals surface area contributed by atoms with Crippen molar-refractivity contribution in [3.05, 3.63) is 53.6 Å². The van der Waals surface area contributed by atoms with Crippen LogP contribution < -0.4 is 15.5 Å². The predicted molar refractivity (Wildman–Crippen MR) is 113 cm³/mol. The fraction of sp³-hybridized carbons (Fsp3) is 0.158. The number of phenolic OH excluding ortho intramolecular Hbond substituents is 1. The molecule has 0 bridgehead atoms. The van der Waals surface area contributed by atoms with Crippen molar-refractivity contribution in [3.8, 4) is 11.5 Å². The van der Waals surface area contributed by atoms with Gasteiger partial charge in [-0.2, -0.15) is 10.1 Å². The second-order valence-corrected chi connectivity index (χ2v) is 6.86. The van der Waals surface area contributed by atoms with Gasteiger partial charge in [0.25, 0.3) is 0 Å². The van der Waals surface area contributed by atoms with E-state index in [1.807, 2.05) is 31.2 Å². The number of amides is 1. The summed E-state index contributed by atoms with van der Waals surface area (Å²) in [6, 6.07) is 12.4. The number of rotatable bonds is 8. The summed E-state index contributed by atoms with van der Waals surface area (Å²) in [7, 11) is 1.54. The van der Waals surface area contributed by atoms with Crippen LogP contribution in [0.15, 0.2) is 52.7 Å². The molecular formula is C19H20N6O3S. The molecular weight excluding hydrogens is 392 g/mol. The molecule has 4 N–H and O–H groups in total. The molecule has 3 rings (SSSR count). The quantitative estimate of drug-likeness (QED) is 0.255. The number of phenols is 1. The van der Waals surface area contributed by atoms with Crippen LogP contribution >= 0.6 is 11.8 Å². The lowest BCUT2D eigenvalue weighted by Crippen LogP contribution is -2.14. The van der Waals surface area contributed by atoms with Crippen molar-refractivity contribution in [3.63, 3.8) is 0 Å². The Kier molecular flexibility index (Phi) is 6.69. The van der Waals surface area contributed by atoms with E-state index in [2.05, 4.69) is 31.0 Å². The van der Waals surface area contributed by atoms with Gasteiger partial charge in [0.05, 0.1) is 19.1 Å². The van der Waals surface area contributed by atoms with Gasteiger partial charge in [-0.1, -0.05) is 30.0 Å². The molecule has 0 aliphatic heterocycles. The molecule has 0 saturated carbocycles. The lowest BCUT2D eigenvalue weighted by Gasteiger charge is -2.06. The van der Waals surface area contributed by atoms with Crippen LogP contribution in [0.1, 0.15) is 11.1 Å². The number of hydrogen-bond acceptors (Lipinski definition) is 8. The number of thioether (sulfide) groups is 1. The molecule has 1 heterocycles. The average Bonchev–Trinajstić information content (AvgIpc) is 3.17. The van der Waals surface area contributed by atoms with E-state index in [1.165, 1.54) is 24.0 Å². The minimum absolute atomic E-state index is 0.0739. The molecule has 150 valence electrons. The third-order valence-electron chi connectivity index (χ3n) is 3.83. The summed E-state index contributed by atoms with van der Waals surface area (Å²) in [5, 5.41) is 23.8. The van der Waals surface area contributed by atoms with Gasteiger partial charge in [-0.3, -0.25) is 4.79 Å². The Morgan fingerprint density at radius 2 is 2.17 bits per heavy atom. The number of aromatic amines is 1. The van der Waals surface area contributed by atoms with Gasteiger partial charge in [-0.25, -0.2) is 10.5 Å². The molecule has 29 heavy (non-hydrogen) atoms. The highest BCUT2D eigenvalue weighted by atomic mass is 32.2. The van der Waals surface area contributed by atoms with Crippen LogP contribution in [-0.4, -0.2) is 45.3 Å². The van der Waals surface area contributed by atoms with Gasteiger partial charge in [0.15, 0.2) is 0 Å². The number of ether oxygens (including phenoxy) is 1. The number of aryl methyl sites for hydroxylation is 1. The zero-order valence-electron chi connectivity index (χ0n) is 15.8. The second kappa shape index (κ2) is 9.60. The second-order valence-electron chi connectivity index (χ2n) is 5.91. The number of hydrazone groups is 1. The Balaban J connectivity index is 1.50. The maximum atomic E-state index is 12.1. The highest BCUT2D eigenvalue weighted by Gasteiger charge is 2.09. The third kappa shape index (κ3) is 5.72. The summed E-state index contributed by atoms with van der Waals surface area (Å²) in [6.45, 7) is 1.93. The number of benzene rings is 2. The van der Waals surface area contributed by atoms with Crippen molar-refractivity contribution >= 4 is 35.5 Å². The summed E-state index contributed by atoms with van der Waals surface area (Å²) in [5.41, 5.74) is 4.95. The van der Waals surface area contributed by atoms with E-state index in [1.54, 1.807) is 19.2 Å². The van der Waals surface area contributed by atoms with Gasteiger partial charge in [-0.05, 0) is 36.8 Å². The highest BCUT2D eigenvalue weighted by Crippen LogP contribution is 2.21. The first-order chi connectivity index (χ1) is 14.0. The number of aromatic hydroxyl groups is 1. The number of para-hydroxylation sites is 1. The number of methoxy groups -OCH3 is 1. The molecule has 0 fully saturated rings. The van der Waals surface area contributed by atoms with Crippen molar-refractivity contribution in [1.82, 2.24) is 15.2 Å². The lowest BCUT2D eigenvalue weighted by atomic mass is 10.2. The molecule has 0 aliphatic rings. The first-order valence-corrected chi connectivity index (χ1v) is 9.60. The van der Waals surface area contributed by atoms with E-state index in [9.17, 15) is 9.90 Å². The Bertz CT molecular complexity index is 1020. The minimum Gasteiger partial charge on any atom is -0.507 e. The zero-order chi connectivity index (χ0) is 20.6. The van der Waals surface area contributed by atoms with Gasteiger partial charge in [0, 0.05) is 11.3 Å². The number of nitrogens with zero attached hydrogens (tertiary/aromatic N) is 3. The normalized spacial score (nSPS) is 10.8. The van der Waals surface area contributed by atoms with Crippen molar-refractivity contribution in [2.75, 3.05) is 23.6 Å². The molecule has 9 nitrogen and oxygen atoms in total.